The van der Waals surface area contributed by atoms with Crippen molar-refractivity contribution in [2.75, 3.05) is 50.5 Å². The highest BCUT2D eigenvalue weighted by Crippen LogP contribution is 2.27. The number of piperidine rings is 1. The van der Waals surface area contributed by atoms with Gasteiger partial charge in [-0.15, -0.1) is 0 Å². The molecule has 0 bridgehead atoms. The highest BCUT2D eigenvalue weighted by atomic mass is 16.1. The molecular formula is C19H32N6O. The van der Waals surface area contributed by atoms with Crippen molar-refractivity contribution in [3.8, 4) is 0 Å². The third-order valence-electron chi connectivity index (χ3n) is 5.09. The van der Waals surface area contributed by atoms with Gasteiger partial charge in [-0.1, -0.05) is 0 Å². The quantitative estimate of drug-likeness (QED) is 0.699. The highest BCUT2D eigenvalue weighted by Gasteiger charge is 2.24. The molecule has 26 heavy (non-hydrogen) atoms. The lowest BCUT2D eigenvalue weighted by Gasteiger charge is -2.33. The maximum atomic E-state index is 12.0. The van der Waals surface area contributed by atoms with Crippen LogP contribution in [-0.4, -0.2) is 67.1 Å². The molecule has 0 radical (unpaired) electrons. The van der Waals surface area contributed by atoms with Gasteiger partial charge in [0, 0.05) is 44.7 Å². The van der Waals surface area contributed by atoms with Gasteiger partial charge in [0.1, 0.15) is 18.0 Å². The zero-order valence-corrected chi connectivity index (χ0v) is 16.1. The van der Waals surface area contributed by atoms with E-state index in [1.165, 1.54) is 19.3 Å². The summed E-state index contributed by atoms with van der Waals surface area (Å²) in [5, 5.41) is 6.44. The molecule has 7 heteroatoms. The number of hydrogen-bond acceptors (Lipinski definition) is 6. The van der Waals surface area contributed by atoms with E-state index in [0.29, 0.717) is 18.4 Å². The second kappa shape index (κ2) is 9.16. The second-order valence-corrected chi connectivity index (χ2v) is 7.83. The van der Waals surface area contributed by atoms with Crippen molar-refractivity contribution < 1.29 is 4.79 Å². The SMILES string of the molecule is CN(C)CCNC(=O)CC[C@@H]1CCCN(c2cc(NC3CC3)ncn2)C1. The molecular weight excluding hydrogens is 328 g/mol. The van der Waals surface area contributed by atoms with Crippen molar-refractivity contribution in [2.24, 2.45) is 5.92 Å². The molecule has 1 saturated heterocycles. The Labute approximate surface area is 156 Å². The fourth-order valence-electron chi connectivity index (χ4n) is 3.39. The van der Waals surface area contributed by atoms with Gasteiger partial charge in [0.15, 0.2) is 0 Å². The summed E-state index contributed by atoms with van der Waals surface area (Å²) in [6, 6.07) is 2.66. The molecule has 1 saturated carbocycles. The van der Waals surface area contributed by atoms with E-state index in [1.807, 2.05) is 14.1 Å². The number of rotatable bonds is 9. The number of carbonyl (C=O) groups is 1. The summed E-state index contributed by atoms with van der Waals surface area (Å²) < 4.78 is 0. The minimum absolute atomic E-state index is 0.168. The predicted molar refractivity (Wildman–Crippen MR) is 104 cm³/mol. The normalized spacial score (nSPS) is 20.3. The molecule has 1 amide bonds. The van der Waals surface area contributed by atoms with Gasteiger partial charge in [-0.2, -0.15) is 0 Å². The predicted octanol–water partition coefficient (Wildman–Crippen LogP) is 1.73. The summed E-state index contributed by atoms with van der Waals surface area (Å²) in [6.45, 7) is 3.62. The van der Waals surface area contributed by atoms with Gasteiger partial charge >= 0.3 is 0 Å². The molecule has 2 heterocycles. The van der Waals surface area contributed by atoms with Crippen LogP contribution in [0.2, 0.25) is 0 Å². The number of likely N-dealkylation sites (N-methyl/N-ethyl adjacent to an activating group) is 1. The Morgan fingerprint density at radius 3 is 2.92 bits per heavy atom. The fourth-order valence-corrected chi connectivity index (χ4v) is 3.39. The summed E-state index contributed by atoms with van der Waals surface area (Å²) in [7, 11) is 4.03. The Morgan fingerprint density at radius 1 is 1.31 bits per heavy atom. The summed E-state index contributed by atoms with van der Waals surface area (Å²) in [6.07, 6.45) is 8.04. The molecule has 1 aliphatic carbocycles. The monoisotopic (exact) mass is 360 g/mol. The summed E-state index contributed by atoms with van der Waals surface area (Å²) >= 11 is 0. The molecule has 0 unspecified atom stereocenters. The average Bonchev–Trinajstić information content (AvgIpc) is 3.44. The van der Waals surface area contributed by atoms with Crippen molar-refractivity contribution in [3.05, 3.63) is 12.4 Å². The van der Waals surface area contributed by atoms with E-state index in [4.69, 9.17) is 0 Å². The van der Waals surface area contributed by atoms with Gasteiger partial charge in [0.25, 0.3) is 0 Å². The maximum Gasteiger partial charge on any atom is 0.220 e. The van der Waals surface area contributed by atoms with Gasteiger partial charge < -0.3 is 20.4 Å². The fraction of sp³-hybridized carbons (Fsp3) is 0.737. The Hall–Kier alpha value is -1.89. The topological polar surface area (TPSA) is 73.4 Å². The number of nitrogens with zero attached hydrogens (tertiary/aromatic N) is 4. The lowest BCUT2D eigenvalue weighted by Crippen LogP contribution is -2.37. The van der Waals surface area contributed by atoms with E-state index in [-0.39, 0.29) is 5.91 Å². The number of aromatic nitrogens is 2. The Kier molecular flexibility index (Phi) is 6.66. The van der Waals surface area contributed by atoms with Gasteiger partial charge in [-0.3, -0.25) is 4.79 Å². The third kappa shape index (κ3) is 6.12. The number of nitrogens with one attached hydrogen (secondary N) is 2. The summed E-state index contributed by atoms with van der Waals surface area (Å²) in [5.41, 5.74) is 0. The second-order valence-electron chi connectivity index (χ2n) is 7.83. The standard InChI is InChI=1S/C19H32N6O/c1-24(2)11-9-20-19(26)8-5-15-4-3-10-25(13-15)18-12-17(21-14-22-18)23-16-6-7-16/h12,14-16H,3-11,13H2,1-2H3,(H,20,26)(H,21,22,23)/t15-/m0/s1. The van der Waals surface area contributed by atoms with Crippen LogP contribution < -0.4 is 15.5 Å². The lowest BCUT2D eigenvalue weighted by atomic mass is 9.93. The van der Waals surface area contributed by atoms with E-state index < -0.39 is 0 Å². The minimum Gasteiger partial charge on any atom is -0.367 e. The minimum atomic E-state index is 0.168. The van der Waals surface area contributed by atoms with Crippen LogP contribution in [0.1, 0.15) is 38.5 Å². The van der Waals surface area contributed by atoms with Gasteiger partial charge in [0.2, 0.25) is 5.91 Å². The van der Waals surface area contributed by atoms with Crippen LogP contribution in [0, 0.1) is 5.92 Å². The van der Waals surface area contributed by atoms with E-state index in [9.17, 15) is 4.79 Å². The maximum absolute atomic E-state index is 12.0. The molecule has 0 aromatic carbocycles. The van der Waals surface area contributed by atoms with Crippen LogP contribution >= 0.6 is 0 Å². The van der Waals surface area contributed by atoms with E-state index in [1.54, 1.807) is 6.33 Å². The van der Waals surface area contributed by atoms with E-state index >= 15 is 0 Å². The Bertz CT molecular complexity index is 589. The third-order valence-corrected chi connectivity index (χ3v) is 5.09. The van der Waals surface area contributed by atoms with Gasteiger partial charge in [0.05, 0.1) is 0 Å². The first-order chi connectivity index (χ1) is 12.6. The van der Waals surface area contributed by atoms with Crippen molar-refractivity contribution >= 4 is 17.5 Å². The van der Waals surface area contributed by atoms with Gasteiger partial charge in [-0.25, -0.2) is 9.97 Å². The summed E-state index contributed by atoms with van der Waals surface area (Å²) in [4.78, 5) is 25.2. The van der Waals surface area contributed by atoms with E-state index in [2.05, 4.69) is 36.5 Å². The first-order valence-corrected chi connectivity index (χ1v) is 9.85. The van der Waals surface area contributed by atoms with Crippen LogP contribution in [0.25, 0.3) is 0 Å². The highest BCUT2D eigenvalue weighted by molar-refractivity contribution is 5.75. The zero-order chi connectivity index (χ0) is 18.4. The number of hydrogen-bond donors (Lipinski definition) is 2. The number of carbonyl (C=O) groups excluding carboxylic acids is 1. The Balaban J connectivity index is 1.44. The molecule has 1 aromatic rings. The molecule has 1 aromatic heterocycles. The first-order valence-electron chi connectivity index (χ1n) is 9.85. The molecule has 2 fully saturated rings. The van der Waals surface area contributed by atoms with E-state index in [0.717, 1.165) is 50.7 Å². The molecule has 7 nitrogen and oxygen atoms in total. The van der Waals surface area contributed by atoms with Crippen molar-refractivity contribution in [1.29, 1.82) is 0 Å². The molecule has 144 valence electrons. The van der Waals surface area contributed by atoms with Crippen LogP contribution in [0.15, 0.2) is 12.4 Å². The largest absolute Gasteiger partial charge is 0.367 e. The molecule has 0 spiro atoms. The molecule has 3 rings (SSSR count). The van der Waals surface area contributed by atoms with Crippen LogP contribution in [0.4, 0.5) is 11.6 Å². The van der Waals surface area contributed by atoms with Crippen LogP contribution in [0.3, 0.4) is 0 Å². The zero-order valence-electron chi connectivity index (χ0n) is 16.1. The van der Waals surface area contributed by atoms with Crippen LogP contribution in [-0.2, 0) is 4.79 Å². The smallest absolute Gasteiger partial charge is 0.220 e. The molecule has 1 atom stereocenters. The average molecular weight is 361 g/mol. The van der Waals surface area contributed by atoms with Crippen molar-refractivity contribution in [1.82, 2.24) is 20.2 Å². The molecule has 2 aliphatic rings. The number of amides is 1. The Morgan fingerprint density at radius 2 is 2.15 bits per heavy atom. The number of anilines is 2. The van der Waals surface area contributed by atoms with Crippen molar-refractivity contribution in [3.63, 3.8) is 0 Å². The molecule has 1 aliphatic heterocycles. The van der Waals surface area contributed by atoms with Crippen molar-refractivity contribution in [2.45, 2.75) is 44.6 Å². The van der Waals surface area contributed by atoms with Gasteiger partial charge in [-0.05, 0) is 52.1 Å². The van der Waals surface area contributed by atoms with Crippen LogP contribution in [0.5, 0.6) is 0 Å². The first kappa shape index (κ1) is 18.9. The lowest BCUT2D eigenvalue weighted by molar-refractivity contribution is -0.121. The molecule has 2 N–H and O–H groups in total. The summed E-state index contributed by atoms with van der Waals surface area (Å²) in [5.74, 6) is 2.66.